The highest BCUT2D eigenvalue weighted by Crippen LogP contribution is 2.40. The Morgan fingerprint density at radius 1 is 0.403 bits per heavy atom. The van der Waals surface area contributed by atoms with Gasteiger partial charge >= 0.3 is 0 Å². The van der Waals surface area contributed by atoms with Gasteiger partial charge in [-0.3, -0.25) is 0 Å². The second kappa shape index (κ2) is 19.4. The van der Waals surface area contributed by atoms with Crippen molar-refractivity contribution in [2.45, 2.75) is 89.0 Å². The summed E-state index contributed by atoms with van der Waals surface area (Å²) in [6.45, 7) is 17.0. The summed E-state index contributed by atoms with van der Waals surface area (Å²) in [7, 11) is -3.68. The highest BCUT2D eigenvalue weighted by molar-refractivity contribution is 7.91. The molecule has 0 radical (unpaired) electrons. The summed E-state index contributed by atoms with van der Waals surface area (Å²) in [5, 5.41) is 0. The number of ether oxygens (including phenoxy) is 2. The molecule has 0 saturated heterocycles. The lowest BCUT2D eigenvalue weighted by atomic mass is 9.82. The molecule has 7 heteroatoms. The quantitative estimate of drug-likeness (QED) is 0.0963. The molecular weight excluding hydrogens is 845 g/mol. The van der Waals surface area contributed by atoms with Crippen LogP contribution in [0.2, 0.25) is 0 Å². The number of rotatable bonds is 16. The van der Waals surface area contributed by atoms with E-state index in [9.17, 15) is 8.42 Å². The van der Waals surface area contributed by atoms with E-state index < -0.39 is 9.84 Å². The first-order valence-corrected chi connectivity index (χ1v) is 24.6. The van der Waals surface area contributed by atoms with Crippen LogP contribution < -0.4 is 19.3 Å². The Balaban J connectivity index is 0.999. The number of sulfone groups is 1. The second-order valence-electron chi connectivity index (χ2n) is 18.5. The largest absolute Gasteiger partial charge is 0.488 e. The van der Waals surface area contributed by atoms with Gasteiger partial charge in [0.25, 0.3) is 0 Å². The Morgan fingerprint density at radius 2 is 0.716 bits per heavy atom. The summed E-state index contributed by atoms with van der Waals surface area (Å²) in [4.78, 5) is 4.99. The van der Waals surface area contributed by atoms with Crippen molar-refractivity contribution in [2.24, 2.45) is 0 Å². The van der Waals surface area contributed by atoms with E-state index in [2.05, 4.69) is 187 Å². The molecule has 0 bridgehead atoms. The maximum atomic E-state index is 13.5. The maximum Gasteiger partial charge on any atom is 0.206 e. The second-order valence-corrected chi connectivity index (χ2v) is 20.4. The molecule has 0 fully saturated rings. The fraction of sp³-hybridized carbons (Fsp3) is 0.200. The Labute approximate surface area is 398 Å². The molecule has 8 aromatic carbocycles. The van der Waals surface area contributed by atoms with Crippen LogP contribution in [0.15, 0.2) is 204 Å². The number of benzene rings is 8. The van der Waals surface area contributed by atoms with Crippen LogP contribution in [-0.4, -0.2) is 14.0 Å². The summed E-state index contributed by atoms with van der Waals surface area (Å²) in [5.74, 6) is 2.04. The molecule has 0 aliphatic carbocycles. The van der Waals surface area contributed by atoms with E-state index in [1.807, 2.05) is 36.4 Å². The molecule has 0 heterocycles. The van der Waals surface area contributed by atoms with E-state index >= 15 is 0 Å². The average Bonchev–Trinajstić information content (AvgIpc) is 3.34. The van der Waals surface area contributed by atoms with Gasteiger partial charge < -0.3 is 19.3 Å². The maximum absolute atomic E-state index is 13.5. The molecule has 67 heavy (non-hydrogen) atoms. The van der Waals surface area contributed by atoms with Crippen LogP contribution in [0.3, 0.4) is 0 Å². The number of anilines is 6. The van der Waals surface area contributed by atoms with Gasteiger partial charge in [0.05, 0.1) is 9.79 Å². The number of aryl methyl sites for hydroxylation is 2. The molecule has 8 aromatic rings. The molecule has 0 unspecified atom stereocenters. The minimum Gasteiger partial charge on any atom is -0.488 e. The van der Waals surface area contributed by atoms with Crippen molar-refractivity contribution in [1.29, 1.82) is 0 Å². The summed E-state index contributed by atoms with van der Waals surface area (Å²) >= 11 is 0. The van der Waals surface area contributed by atoms with Crippen molar-refractivity contribution in [1.82, 2.24) is 0 Å². The van der Waals surface area contributed by atoms with Crippen molar-refractivity contribution in [3.63, 3.8) is 0 Å². The van der Waals surface area contributed by atoms with E-state index in [0.717, 1.165) is 69.4 Å². The van der Waals surface area contributed by atoms with Crippen LogP contribution >= 0.6 is 0 Å². The standard InChI is InChI=1S/C60H60N2O4S/c1-9-59(5,6)47-19-39-57(40-20-47)67(63,64)58-41-37-55(38-42-58)65-54-33-29-52(30-34-54)61(48-21-11-43(3)12-22-48)50-25-15-45(16-26-50)46-17-27-51(28-18-46)62(49-23-13-44(4)14-24-49)53-31-35-56(36-32-53)66-60(7,8)10-2/h11-42H,9-10H2,1-8H3. The van der Waals surface area contributed by atoms with Crippen molar-refractivity contribution >= 4 is 44.0 Å². The van der Waals surface area contributed by atoms with Gasteiger partial charge in [-0.05, 0) is 196 Å². The van der Waals surface area contributed by atoms with Crippen molar-refractivity contribution < 1.29 is 17.9 Å². The highest BCUT2D eigenvalue weighted by Gasteiger charge is 2.23. The van der Waals surface area contributed by atoms with Gasteiger partial charge in [0, 0.05) is 34.1 Å². The SMILES string of the molecule is CCC(C)(C)Oc1ccc(N(c2ccc(C)cc2)c2ccc(-c3ccc(N(c4ccc(C)cc4)c4ccc(Oc5ccc(S(=O)(=O)c6ccc(C(C)(C)CC)cc6)cc5)cc4)cc3)cc2)cc1. The third kappa shape index (κ3) is 10.6. The zero-order valence-electron chi connectivity index (χ0n) is 39.8. The monoisotopic (exact) mass is 904 g/mol. The van der Waals surface area contributed by atoms with E-state index in [4.69, 9.17) is 9.47 Å². The molecule has 0 saturated carbocycles. The molecule has 0 aliphatic heterocycles. The van der Waals surface area contributed by atoms with Gasteiger partial charge in [-0.25, -0.2) is 8.42 Å². The molecule has 0 spiro atoms. The van der Waals surface area contributed by atoms with E-state index in [1.165, 1.54) is 11.1 Å². The predicted molar refractivity (Wildman–Crippen MR) is 277 cm³/mol. The minimum absolute atomic E-state index is 0.0239. The molecule has 0 aliphatic rings. The summed E-state index contributed by atoms with van der Waals surface area (Å²) in [6.07, 6.45) is 1.88. The normalized spacial score (nSPS) is 11.8. The number of hydrogen-bond acceptors (Lipinski definition) is 6. The van der Waals surface area contributed by atoms with Gasteiger partial charge in [-0.15, -0.1) is 0 Å². The first kappa shape index (κ1) is 46.4. The fourth-order valence-electron chi connectivity index (χ4n) is 7.85. The molecule has 0 N–H and O–H groups in total. The predicted octanol–water partition coefficient (Wildman–Crippen LogP) is 16.8. The highest BCUT2D eigenvalue weighted by atomic mass is 32.2. The summed E-state index contributed by atoms with van der Waals surface area (Å²) in [5.41, 5.74) is 11.7. The van der Waals surface area contributed by atoms with Crippen LogP contribution in [0, 0.1) is 13.8 Å². The Morgan fingerprint density at radius 3 is 1.07 bits per heavy atom. The zero-order valence-corrected chi connectivity index (χ0v) is 40.6. The topological polar surface area (TPSA) is 59.1 Å². The number of nitrogens with zero attached hydrogens (tertiary/aromatic N) is 2. The Bertz CT molecular complexity index is 3000. The van der Waals surface area contributed by atoms with Crippen LogP contribution in [-0.2, 0) is 15.3 Å². The molecular formula is C60H60N2O4S. The van der Waals surface area contributed by atoms with Gasteiger partial charge in [-0.1, -0.05) is 99.5 Å². The summed E-state index contributed by atoms with van der Waals surface area (Å²) in [6, 6.07) is 64.7. The molecule has 0 amide bonds. The van der Waals surface area contributed by atoms with Crippen LogP contribution in [0.25, 0.3) is 11.1 Å². The van der Waals surface area contributed by atoms with Crippen LogP contribution in [0.1, 0.15) is 71.1 Å². The van der Waals surface area contributed by atoms with Crippen molar-refractivity contribution in [3.05, 3.63) is 211 Å². The fourth-order valence-corrected chi connectivity index (χ4v) is 9.12. The zero-order chi connectivity index (χ0) is 47.3. The molecule has 6 nitrogen and oxygen atoms in total. The first-order valence-electron chi connectivity index (χ1n) is 23.1. The van der Waals surface area contributed by atoms with Crippen molar-refractivity contribution in [3.8, 4) is 28.4 Å². The molecule has 8 rings (SSSR count). The van der Waals surface area contributed by atoms with Gasteiger partial charge in [0.15, 0.2) is 0 Å². The van der Waals surface area contributed by atoms with Gasteiger partial charge in [0.1, 0.15) is 22.8 Å². The Kier molecular flexibility index (Phi) is 13.4. The van der Waals surface area contributed by atoms with Gasteiger partial charge in [-0.2, -0.15) is 0 Å². The van der Waals surface area contributed by atoms with Crippen LogP contribution in [0.5, 0.6) is 17.2 Å². The summed E-state index contributed by atoms with van der Waals surface area (Å²) < 4.78 is 39.5. The lowest BCUT2D eigenvalue weighted by Gasteiger charge is -2.28. The third-order valence-corrected chi connectivity index (χ3v) is 14.6. The van der Waals surface area contributed by atoms with Gasteiger partial charge in [0.2, 0.25) is 9.84 Å². The molecule has 340 valence electrons. The van der Waals surface area contributed by atoms with E-state index in [1.54, 1.807) is 36.4 Å². The van der Waals surface area contributed by atoms with Crippen molar-refractivity contribution in [2.75, 3.05) is 9.80 Å². The lowest BCUT2D eigenvalue weighted by molar-refractivity contribution is 0.105. The van der Waals surface area contributed by atoms with E-state index in [-0.39, 0.29) is 20.8 Å². The third-order valence-electron chi connectivity index (χ3n) is 12.8. The van der Waals surface area contributed by atoms with Crippen LogP contribution in [0.4, 0.5) is 34.1 Å². The minimum atomic E-state index is -3.68. The smallest absolute Gasteiger partial charge is 0.206 e. The van der Waals surface area contributed by atoms with E-state index in [0.29, 0.717) is 11.5 Å². The molecule has 0 atom stereocenters. The average molecular weight is 905 g/mol. The Hall–Kier alpha value is -7.09. The lowest BCUT2D eigenvalue weighted by Crippen LogP contribution is -2.26. The number of hydrogen-bond donors (Lipinski definition) is 0. The molecule has 0 aromatic heterocycles. The first-order chi connectivity index (χ1) is 32.1.